The molecule has 2 saturated heterocycles. The maximum atomic E-state index is 12.7. The lowest BCUT2D eigenvalue weighted by Crippen LogP contribution is -2.45. The van der Waals surface area contributed by atoms with Gasteiger partial charge in [0, 0.05) is 76.5 Å². The lowest BCUT2D eigenvalue weighted by Gasteiger charge is -2.34. The molecule has 0 radical (unpaired) electrons. The average molecular weight is 477 g/mol. The highest BCUT2D eigenvalue weighted by molar-refractivity contribution is 7.14. The lowest BCUT2D eigenvalue weighted by atomic mass is 10.1. The van der Waals surface area contributed by atoms with Crippen LogP contribution >= 0.6 is 11.3 Å². The van der Waals surface area contributed by atoms with Crippen molar-refractivity contribution in [2.24, 2.45) is 0 Å². The molecule has 0 bridgehead atoms. The second kappa shape index (κ2) is 11.1. The van der Waals surface area contributed by atoms with Crippen molar-refractivity contribution < 1.29 is 4.79 Å². The molecular formula is C26H32N6OS. The van der Waals surface area contributed by atoms with Gasteiger partial charge >= 0.3 is 0 Å². The van der Waals surface area contributed by atoms with Crippen LogP contribution < -0.4 is 15.5 Å². The van der Waals surface area contributed by atoms with Gasteiger partial charge in [0.25, 0.3) is 5.91 Å². The zero-order chi connectivity index (χ0) is 23.2. The summed E-state index contributed by atoms with van der Waals surface area (Å²) in [7, 11) is 0. The first kappa shape index (κ1) is 23.0. The summed E-state index contributed by atoms with van der Waals surface area (Å²) in [6.07, 6.45) is 0. The van der Waals surface area contributed by atoms with Crippen molar-refractivity contribution in [1.82, 2.24) is 20.1 Å². The van der Waals surface area contributed by atoms with E-state index in [0.29, 0.717) is 5.69 Å². The lowest BCUT2D eigenvalue weighted by molar-refractivity contribution is 0.102. The van der Waals surface area contributed by atoms with Crippen LogP contribution in [0, 0.1) is 0 Å². The third kappa shape index (κ3) is 6.01. The molecule has 2 aliphatic heterocycles. The van der Waals surface area contributed by atoms with Gasteiger partial charge in [0.05, 0.1) is 0 Å². The van der Waals surface area contributed by atoms with E-state index in [9.17, 15) is 4.79 Å². The second-order valence-corrected chi connectivity index (χ2v) is 9.78. The van der Waals surface area contributed by atoms with E-state index >= 15 is 0 Å². The van der Waals surface area contributed by atoms with Crippen molar-refractivity contribution in [3.05, 3.63) is 76.8 Å². The Morgan fingerprint density at radius 2 is 1.47 bits per heavy atom. The molecule has 2 N–H and O–H groups in total. The van der Waals surface area contributed by atoms with Crippen LogP contribution in [0.1, 0.15) is 21.6 Å². The fraction of sp³-hybridized carbons (Fsp3) is 0.385. The molecule has 178 valence electrons. The van der Waals surface area contributed by atoms with Crippen molar-refractivity contribution >= 4 is 28.1 Å². The maximum absolute atomic E-state index is 12.7. The Balaban J connectivity index is 1.08. The van der Waals surface area contributed by atoms with E-state index in [2.05, 4.69) is 72.8 Å². The number of nitrogens with one attached hydrogen (secondary N) is 2. The summed E-state index contributed by atoms with van der Waals surface area (Å²) in [5.74, 6) is -0.153. The third-order valence-corrected chi connectivity index (χ3v) is 7.35. The Kier molecular flexibility index (Phi) is 7.50. The Hall–Kier alpha value is -2.78. The Morgan fingerprint density at radius 1 is 0.853 bits per heavy atom. The molecule has 0 saturated carbocycles. The van der Waals surface area contributed by atoms with Gasteiger partial charge in [0.2, 0.25) is 0 Å². The van der Waals surface area contributed by atoms with E-state index in [1.165, 1.54) is 22.5 Å². The highest BCUT2D eigenvalue weighted by Crippen LogP contribution is 2.22. The van der Waals surface area contributed by atoms with Crippen LogP contribution in [-0.2, 0) is 13.1 Å². The van der Waals surface area contributed by atoms with Crippen molar-refractivity contribution in [3.63, 3.8) is 0 Å². The molecule has 2 aliphatic rings. The number of aromatic nitrogens is 1. The molecule has 0 atom stereocenters. The molecule has 2 aromatic carbocycles. The highest BCUT2D eigenvalue weighted by Gasteiger charge is 2.18. The smallest absolute Gasteiger partial charge is 0.275 e. The SMILES string of the molecule is O=C(Nc1ccc(CN2CCN(Cc3ccccc3)CC2)cc1)c1csc(N2CCNCC2)n1. The van der Waals surface area contributed by atoms with E-state index in [1.54, 1.807) is 0 Å². The molecule has 3 heterocycles. The van der Waals surface area contributed by atoms with Gasteiger partial charge in [-0.25, -0.2) is 4.98 Å². The number of piperazine rings is 2. The molecule has 0 unspecified atom stereocenters. The minimum absolute atomic E-state index is 0.153. The first-order valence-corrected chi connectivity index (χ1v) is 12.9. The highest BCUT2D eigenvalue weighted by atomic mass is 32.1. The largest absolute Gasteiger partial charge is 0.346 e. The van der Waals surface area contributed by atoms with Crippen molar-refractivity contribution in [3.8, 4) is 0 Å². The summed E-state index contributed by atoms with van der Waals surface area (Å²) >= 11 is 1.53. The van der Waals surface area contributed by atoms with Gasteiger partial charge in [-0.3, -0.25) is 14.6 Å². The van der Waals surface area contributed by atoms with Crippen LogP contribution in [0.3, 0.4) is 0 Å². The first-order valence-electron chi connectivity index (χ1n) is 12.0. The van der Waals surface area contributed by atoms with Crippen LogP contribution in [0.25, 0.3) is 0 Å². The van der Waals surface area contributed by atoms with Gasteiger partial charge in [-0.05, 0) is 23.3 Å². The van der Waals surface area contributed by atoms with Crippen molar-refractivity contribution in [1.29, 1.82) is 0 Å². The Bertz CT molecular complexity index is 1060. The monoisotopic (exact) mass is 476 g/mol. The van der Waals surface area contributed by atoms with Crippen LogP contribution in [0.5, 0.6) is 0 Å². The molecule has 0 aliphatic carbocycles. The molecule has 8 heteroatoms. The normalized spacial score (nSPS) is 17.6. The Labute approximate surface area is 205 Å². The third-order valence-electron chi connectivity index (χ3n) is 6.44. The van der Waals surface area contributed by atoms with E-state index in [4.69, 9.17) is 0 Å². The first-order chi connectivity index (χ1) is 16.7. The van der Waals surface area contributed by atoms with E-state index in [-0.39, 0.29) is 5.91 Å². The van der Waals surface area contributed by atoms with Gasteiger partial charge in [-0.2, -0.15) is 0 Å². The quantitative estimate of drug-likeness (QED) is 0.546. The summed E-state index contributed by atoms with van der Waals surface area (Å²) in [6, 6.07) is 18.9. The van der Waals surface area contributed by atoms with Gasteiger partial charge in [-0.1, -0.05) is 42.5 Å². The topological polar surface area (TPSA) is 63.7 Å². The number of carbonyl (C=O) groups excluding carboxylic acids is 1. The minimum atomic E-state index is -0.153. The number of rotatable bonds is 7. The summed E-state index contributed by atoms with van der Waals surface area (Å²) in [5, 5.41) is 9.09. The molecule has 34 heavy (non-hydrogen) atoms. The summed E-state index contributed by atoms with van der Waals surface area (Å²) in [5.41, 5.74) is 3.93. The van der Waals surface area contributed by atoms with Gasteiger partial charge in [-0.15, -0.1) is 11.3 Å². The minimum Gasteiger partial charge on any atom is -0.346 e. The molecule has 1 amide bonds. The number of benzene rings is 2. The molecule has 0 spiro atoms. The van der Waals surface area contributed by atoms with E-state index in [0.717, 1.165) is 76.3 Å². The zero-order valence-corrected chi connectivity index (χ0v) is 20.3. The standard InChI is InChI=1S/C26H32N6OS/c33-25(24-20-34-26(29-24)32-12-10-27-11-13-32)28-23-8-6-22(7-9-23)19-31-16-14-30(15-17-31)18-21-4-2-1-3-5-21/h1-9,20,27H,10-19H2,(H,28,33). The van der Waals surface area contributed by atoms with Crippen LogP contribution in [0.4, 0.5) is 10.8 Å². The van der Waals surface area contributed by atoms with Crippen LogP contribution in [-0.4, -0.2) is 73.0 Å². The van der Waals surface area contributed by atoms with Crippen molar-refractivity contribution in [2.45, 2.75) is 13.1 Å². The summed E-state index contributed by atoms with van der Waals surface area (Å²) in [4.78, 5) is 24.5. The molecule has 5 rings (SSSR count). The Morgan fingerprint density at radius 3 is 2.12 bits per heavy atom. The summed E-state index contributed by atoms with van der Waals surface area (Å²) in [6.45, 7) is 10.1. The fourth-order valence-corrected chi connectivity index (χ4v) is 5.32. The molecule has 2 fully saturated rings. The predicted octanol–water partition coefficient (Wildman–Crippen LogP) is 3.12. The maximum Gasteiger partial charge on any atom is 0.275 e. The van der Waals surface area contributed by atoms with E-state index in [1.807, 2.05) is 17.5 Å². The molecule has 3 aromatic rings. The number of amides is 1. The number of hydrogen-bond donors (Lipinski definition) is 2. The second-order valence-electron chi connectivity index (χ2n) is 8.94. The van der Waals surface area contributed by atoms with Crippen molar-refractivity contribution in [2.75, 3.05) is 62.6 Å². The molecule has 7 nitrogen and oxygen atoms in total. The van der Waals surface area contributed by atoms with Crippen LogP contribution in [0.2, 0.25) is 0 Å². The van der Waals surface area contributed by atoms with Gasteiger partial charge in [0.1, 0.15) is 5.69 Å². The number of hydrogen-bond acceptors (Lipinski definition) is 7. The molecule has 1 aromatic heterocycles. The number of carbonyl (C=O) groups is 1. The molecular weight excluding hydrogens is 444 g/mol. The number of anilines is 2. The number of thiazole rings is 1. The van der Waals surface area contributed by atoms with Crippen LogP contribution in [0.15, 0.2) is 60.0 Å². The van der Waals surface area contributed by atoms with Gasteiger partial charge in [0.15, 0.2) is 5.13 Å². The predicted molar refractivity (Wildman–Crippen MR) is 139 cm³/mol. The summed E-state index contributed by atoms with van der Waals surface area (Å²) < 4.78 is 0. The average Bonchev–Trinajstić information content (AvgIpc) is 3.38. The van der Waals surface area contributed by atoms with E-state index < -0.39 is 0 Å². The number of nitrogens with zero attached hydrogens (tertiary/aromatic N) is 4. The van der Waals surface area contributed by atoms with Gasteiger partial charge < -0.3 is 15.5 Å². The zero-order valence-electron chi connectivity index (χ0n) is 19.4. The fourth-order valence-electron chi connectivity index (χ4n) is 4.46.